The summed E-state index contributed by atoms with van der Waals surface area (Å²) in [6.07, 6.45) is 0. The molecule has 2 aromatic rings. The van der Waals surface area contributed by atoms with E-state index in [2.05, 4.69) is 26.2 Å². The third kappa shape index (κ3) is 2.19. The van der Waals surface area contributed by atoms with Crippen molar-refractivity contribution in [2.45, 2.75) is 6.92 Å². The van der Waals surface area contributed by atoms with Gasteiger partial charge in [0.2, 0.25) is 0 Å². The van der Waals surface area contributed by atoms with Crippen molar-refractivity contribution < 1.29 is 4.79 Å². The summed E-state index contributed by atoms with van der Waals surface area (Å²) in [5, 5.41) is 2.87. The zero-order valence-corrected chi connectivity index (χ0v) is 11.9. The number of fused-ring (bicyclic) bond motifs is 1. The number of aryl methyl sites for hydroxylation is 1. The van der Waals surface area contributed by atoms with Crippen LogP contribution in [-0.4, -0.2) is 11.6 Å². The molecule has 1 heterocycles. The third-order valence-electron chi connectivity index (χ3n) is 3.01. The Morgan fingerprint density at radius 1 is 1.16 bits per heavy atom. The van der Waals surface area contributed by atoms with Gasteiger partial charge in [-0.15, -0.1) is 0 Å². The van der Waals surface area contributed by atoms with E-state index in [-0.39, 0.29) is 5.91 Å². The van der Waals surface area contributed by atoms with Crippen LogP contribution >= 0.6 is 15.9 Å². The largest absolute Gasteiger partial charge is 0.320 e. The fourth-order valence-electron chi connectivity index (χ4n) is 2.13. The standard InChI is InChI=1S/C15H11BrN2O/c1-9-7-10(16)8-12-13(9)18-15(19)14(12)17-11-5-3-2-4-6-11/h2-8H,1H3,(H,17,18,19). The summed E-state index contributed by atoms with van der Waals surface area (Å²) in [7, 11) is 0. The molecule has 1 aliphatic heterocycles. The minimum atomic E-state index is -0.153. The number of hydrogen-bond acceptors (Lipinski definition) is 2. The Balaban J connectivity index is 2.16. The Bertz CT molecular complexity index is 693. The van der Waals surface area contributed by atoms with Crippen LogP contribution < -0.4 is 5.32 Å². The average molecular weight is 315 g/mol. The lowest BCUT2D eigenvalue weighted by atomic mass is 10.1. The lowest BCUT2D eigenvalue weighted by molar-refractivity contribution is -0.110. The first-order valence-corrected chi connectivity index (χ1v) is 6.70. The van der Waals surface area contributed by atoms with E-state index in [0.29, 0.717) is 5.71 Å². The monoisotopic (exact) mass is 314 g/mol. The highest BCUT2D eigenvalue weighted by Gasteiger charge is 2.27. The molecule has 0 bridgehead atoms. The molecular weight excluding hydrogens is 304 g/mol. The smallest absolute Gasteiger partial charge is 0.275 e. The molecule has 0 saturated heterocycles. The average Bonchev–Trinajstić information content (AvgIpc) is 2.69. The molecule has 0 aromatic heterocycles. The molecule has 94 valence electrons. The van der Waals surface area contributed by atoms with Crippen molar-refractivity contribution in [2.24, 2.45) is 4.99 Å². The number of hydrogen-bond donors (Lipinski definition) is 1. The number of benzene rings is 2. The summed E-state index contributed by atoms with van der Waals surface area (Å²) in [6, 6.07) is 13.4. The minimum Gasteiger partial charge on any atom is -0.320 e. The second kappa shape index (κ2) is 4.63. The maximum atomic E-state index is 12.0. The topological polar surface area (TPSA) is 41.5 Å². The molecule has 0 saturated carbocycles. The zero-order chi connectivity index (χ0) is 13.4. The molecule has 4 heteroatoms. The fourth-order valence-corrected chi connectivity index (χ4v) is 2.71. The number of carbonyl (C=O) groups is 1. The van der Waals surface area contributed by atoms with Crippen molar-refractivity contribution >= 4 is 38.9 Å². The molecule has 1 N–H and O–H groups in total. The van der Waals surface area contributed by atoms with Gasteiger partial charge in [0.15, 0.2) is 0 Å². The summed E-state index contributed by atoms with van der Waals surface area (Å²) >= 11 is 3.45. The number of rotatable bonds is 1. The van der Waals surface area contributed by atoms with Crippen molar-refractivity contribution in [1.82, 2.24) is 0 Å². The Morgan fingerprint density at radius 2 is 1.89 bits per heavy atom. The molecular formula is C15H11BrN2O. The Kier molecular flexibility index (Phi) is 2.95. The van der Waals surface area contributed by atoms with Crippen molar-refractivity contribution in [3.05, 3.63) is 58.1 Å². The van der Waals surface area contributed by atoms with Crippen LogP contribution in [0.25, 0.3) is 0 Å². The highest BCUT2D eigenvalue weighted by molar-refractivity contribution is 9.10. The van der Waals surface area contributed by atoms with E-state index >= 15 is 0 Å². The number of amides is 1. The lowest BCUT2D eigenvalue weighted by Crippen LogP contribution is -2.13. The fraction of sp³-hybridized carbons (Fsp3) is 0.0667. The second-order valence-corrected chi connectivity index (χ2v) is 5.31. The summed E-state index contributed by atoms with van der Waals surface area (Å²) < 4.78 is 0.945. The van der Waals surface area contributed by atoms with Gasteiger partial charge in [0, 0.05) is 10.0 Å². The van der Waals surface area contributed by atoms with Gasteiger partial charge in [-0.25, -0.2) is 4.99 Å². The zero-order valence-electron chi connectivity index (χ0n) is 10.3. The molecule has 19 heavy (non-hydrogen) atoms. The number of carbonyl (C=O) groups excluding carboxylic acids is 1. The summed E-state index contributed by atoms with van der Waals surface area (Å²) in [5.41, 5.74) is 3.96. The molecule has 0 radical (unpaired) electrons. The second-order valence-electron chi connectivity index (χ2n) is 4.40. The molecule has 3 nitrogen and oxygen atoms in total. The quantitative estimate of drug-likeness (QED) is 0.854. The van der Waals surface area contributed by atoms with Gasteiger partial charge < -0.3 is 5.32 Å². The maximum absolute atomic E-state index is 12.0. The number of aliphatic imine (C=N–C) groups is 1. The van der Waals surface area contributed by atoms with Crippen molar-refractivity contribution in [2.75, 3.05) is 5.32 Å². The number of halogens is 1. The van der Waals surface area contributed by atoms with Gasteiger partial charge in [-0.3, -0.25) is 4.79 Å². The van der Waals surface area contributed by atoms with Gasteiger partial charge in [0.25, 0.3) is 5.91 Å². The van der Waals surface area contributed by atoms with Crippen molar-refractivity contribution in [1.29, 1.82) is 0 Å². The van der Waals surface area contributed by atoms with Crippen LogP contribution in [0.1, 0.15) is 11.1 Å². The summed E-state index contributed by atoms with van der Waals surface area (Å²) in [4.78, 5) is 16.5. The van der Waals surface area contributed by atoms with E-state index < -0.39 is 0 Å². The Labute approximate surface area is 119 Å². The van der Waals surface area contributed by atoms with Gasteiger partial charge in [-0.2, -0.15) is 0 Å². The Hall–Kier alpha value is -1.94. The van der Waals surface area contributed by atoms with Crippen molar-refractivity contribution in [3.8, 4) is 0 Å². The molecule has 1 amide bonds. The van der Waals surface area contributed by atoms with Gasteiger partial charge in [0.1, 0.15) is 5.71 Å². The van der Waals surface area contributed by atoms with E-state index in [1.807, 2.05) is 49.4 Å². The highest BCUT2D eigenvalue weighted by Crippen LogP contribution is 2.31. The third-order valence-corrected chi connectivity index (χ3v) is 3.46. The maximum Gasteiger partial charge on any atom is 0.275 e. The van der Waals surface area contributed by atoms with Gasteiger partial charge in [0.05, 0.1) is 11.4 Å². The van der Waals surface area contributed by atoms with Crippen LogP contribution in [0.3, 0.4) is 0 Å². The van der Waals surface area contributed by atoms with E-state index in [4.69, 9.17) is 0 Å². The van der Waals surface area contributed by atoms with Gasteiger partial charge >= 0.3 is 0 Å². The molecule has 0 aliphatic carbocycles. The predicted molar refractivity (Wildman–Crippen MR) is 80.1 cm³/mol. The Morgan fingerprint density at radius 3 is 2.63 bits per heavy atom. The number of nitrogens with one attached hydrogen (secondary N) is 1. The van der Waals surface area contributed by atoms with E-state index in [0.717, 1.165) is 27.0 Å². The number of para-hydroxylation sites is 1. The van der Waals surface area contributed by atoms with Crippen LogP contribution in [0.4, 0.5) is 11.4 Å². The van der Waals surface area contributed by atoms with Crippen LogP contribution in [0.15, 0.2) is 51.9 Å². The van der Waals surface area contributed by atoms with Crippen LogP contribution in [0.5, 0.6) is 0 Å². The molecule has 1 aliphatic rings. The molecule has 0 atom stereocenters. The van der Waals surface area contributed by atoms with Crippen LogP contribution in [-0.2, 0) is 4.79 Å². The first-order valence-electron chi connectivity index (χ1n) is 5.91. The number of anilines is 1. The highest BCUT2D eigenvalue weighted by atomic mass is 79.9. The van der Waals surface area contributed by atoms with Crippen molar-refractivity contribution in [3.63, 3.8) is 0 Å². The predicted octanol–water partition coefficient (Wildman–Crippen LogP) is 3.83. The normalized spacial score (nSPS) is 15.5. The van der Waals surface area contributed by atoms with Crippen LogP contribution in [0, 0.1) is 6.92 Å². The first-order chi connectivity index (χ1) is 9.15. The van der Waals surface area contributed by atoms with E-state index in [1.54, 1.807) is 0 Å². The van der Waals surface area contributed by atoms with E-state index in [9.17, 15) is 4.79 Å². The minimum absolute atomic E-state index is 0.153. The molecule has 0 spiro atoms. The molecule has 0 fully saturated rings. The lowest BCUT2D eigenvalue weighted by Gasteiger charge is -2.03. The summed E-state index contributed by atoms with van der Waals surface area (Å²) in [6.45, 7) is 1.97. The SMILES string of the molecule is Cc1cc(Br)cc2c1NC(=O)C2=Nc1ccccc1. The number of nitrogens with zero attached hydrogens (tertiary/aromatic N) is 1. The summed E-state index contributed by atoms with van der Waals surface area (Å²) in [5.74, 6) is -0.153. The molecule has 2 aromatic carbocycles. The molecule has 0 unspecified atom stereocenters. The van der Waals surface area contributed by atoms with Crippen LogP contribution in [0.2, 0.25) is 0 Å². The molecule has 3 rings (SSSR count). The van der Waals surface area contributed by atoms with E-state index in [1.165, 1.54) is 0 Å². The first kappa shape index (κ1) is 12.1. The van der Waals surface area contributed by atoms with Gasteiger partial charge in [-0.05, 0) is 36.8 Å². The van der Waals surface area contributed by atoms with Gasteiger partial charge in [-0.1, -0.05) is 34.1 Å².